The zero-order chi connectivity index (χ0) is 20.8. The highest BCUT2D eigenvalue weighted by Gasteiger charge is 2.08. The predicted octanol–water partition coefficient (Wildman–Crippen LogP) is 5.13. The lowest BCUT2D eigenvalue weighted by Gasteiger charge is -2.12. The van der Waals surface area contributed by atoms with Crippen LogP contribution in [0, 0.1) is 13.8 Å². The second-order valence-electron chi connectivity index (χ2n) is 6.55. The number of pyridine rings is 1. The molecule has 1 aromatic heterocycles. The van der Waals surface area contributed by atoms with Gasteiger partial charge in [0.1, 0.15) is 5.82 Å². The molecule has 3 N–H and O–H groups in total. The van der Waals surface area contributed by atoms with Gasteiger partial charge < -0.3 is 16.0 Å². The summed E-state index contributed by atoms with van der Waals surface area (Å²) in [5.74, 6) is 0.153. The summed E-state index contributed by atoms with van der Waals surface area (Å²) in [5, 5.41) is 8.34. The molecule has 0 aliphatic carbocycles. The maximum Gasteiger partial charge on any atom is 0.323 e. The molecular formula is C23H22N4O2. The second-order valence-corrected chi connectivity index (χ2v) is 6.55. The third kappa shape index (κ3) is 5.07. The Balaban J connectivity index is 1.65. The van der Waals surface area contributed by atoms with E-state index in [1.807, 2.05) is 62.4 Å². The number of nitrogens with one attached hydrogen (secondary N) is 3. The van der Waals surface area contributed by atoms with E-state index in [1.54, 1.807) is 12.3 Å². The molecule has 6 heteroatoms. The van der Waals surface area contributed by atoms with E-state index >= 15 is 0 Å². The van der Waals surface area contributed by atoms with Crippen molar-refractivity contribution in [1.82, 2.24) is 4.98 Å². The summed E-state index contributed by atoms with van der Waals surface area (Å²) in [5.41, 5.74) is 5.36. The molecule has 0 saturated carbocycles. The molecule has 0 aliphatic heterocycles. The van der Waals surface area contributed by atoms with Crippen LogP contribution in [0.15, 0.2) is 73.4 Å². The molecule has 3 rings (SSSR count). The number of rotatable bonds is 5. The van der Waals surface area contributed by atoms with E-state index in [0.717, 1.165) is 27.9 Å². The standard InChI is InChI=1S/C23H22N4O2/c1-4-21(28)26-20-13-10-18(14-24-20)17-8-11-19(12-9-17)25-23(29)27-22-15(2)6-5-7-16(22)3/h4-14H,1H2,2-3H3,(H,24,26,28)(H2,25,27,29). The minimum absolute atomic E-state index is 0.292. The van der Waals surface area contributed by atoms with Gasteiger partial charge in [0.05, 0.1) is 0 Å². The van der Waals surface area contributed by atoms with Crippen LogP contribution in [-0.4, -0.2) is 16.9 Å². The summed E-state index contributed by atoms with van der Waals surface area (Å²) in [6.07, 6.45) is 2.87. The highest BCUT2D eigenvalue weighted by Crippen LogP contribution is 2.23. The van der Waals surface area contributed by atoms with E-state index in [0.29, 0.717) is 11.5 Å². The number of carbonyl (C=O) groups is 2. The lowest BCUT2D eigenvalue weighted by molar-refractivity contribution is -0.111. The third-order valence-electron chi connectivity index (χ3n) is 4.40. The fourth-order valence-electron chi connectivity index (χ4n) is 2.85. The Morgan fingerprint density at radius 2 is 1.52 bits per heavy atom. The SMILES string of the molecule is C=CC(=O)Nc1ccc(-c2ccc(NC(=O)Nc3c(C)cccc3C)cc2)cn1. The Labute approximate surface area is 169 Å². The number of anilines is 3. The lowest BCUT2D eigenvalue weighted by Crippen LogP contribution is -2.20. The van der Waals surface area contributed by atoms with Crippen LogP contribution in [-0.2, 0) is 4.79 Å². The van der Waals surface area contributed by atoms with Crippen molar-refractivity contribution in [3.05, 3.63) is 84.6 Å². The smallest absolute Gasteiger partial charge is 0.308 e. The Hall–Kier alpha value is -3.93. The molecule has 29 heavy (non-hydrogen) atoms. The number of aryl methyl sites for hydroxylation is 2. The minimum atomic E-state index is -0.306. The van der Waals surface area contributed by atoms with Gasteiger partial charge in [0.15, 0.2) is 0 Å². The molecule has 0 bridgehead atoms. The van der Waals surface area contributed by atoms with Gasteiger partial charge in [0.2, 0.25) is 5.91 Å². The highest BCUT2D eigenvalue weighted by atomic mass is 16.2. The van der Waals surface area contributed by atoms with Crippen LogP contribution in [0.1, 0.15) is 11.1 Å². The molecule has 0 saturated heterocycles. The van der Waals surface area contributed by atoms with Gasteiger partial charge in [-0.05, 0) is 60.9 Å². The van der Waals surface area contributed by atoms with Gasteiger partial charge in [-0.3, -0.25) is 4.79 Å². The highest BCUT2D eigenvalue weighted by molar-refractivity contribution is 6.01. The summed E-state index contributed by atoms with van der Waals surface area (Å²) in [7, 11) is 0. The molecule has 146 valence electrons. The van der Waals surface area contributed by atoms with Crippen molar-refractivity contribution < 1.29 is 9.59 Å². The van der Waals surface area contributed by atoms with Crippen molar-refractivity contribution in [2.45, 2.75) is 13.8 Å². The number of amides is 3. The molecular weight excluding hydrogens is 364 g/mol. The number of urea groups is 1. The molecule has 0 aliphatic rings. The van der Waals surface area contributed by atoms with E-state index in [1.165, 1.54) is 6.08 Å². The van der Waals surface area contributed by atoms with Crippen LogP contribution >= 0.6 is 0 Å². The molecule has 0 radical (unpaired) electrons. The zero-order valence-electron chi connectivity index (χ0n) is 16.3. The van der Waals surface area contributed by atoms with E-state index < -0.39 is 0 Å². The molecule has 0 atom stereocenters. The molecule has 3 amide bonds. The van der Waals surface area contributed by atoms with E-state index in [9.17, 15) is 9.59 Å². The van der Waals surface area contributed by atoms with Crippen LogP contribution in [0.4, 0.5) is 22.0 Å². The van der Waals surface area contributed by atoms with Crippen LogP contribution in [0.25, 0.3) is 11.1 Å². The third-order valence-corrected chi connectivity index (χ3v) is 4.40. The van der Waals surface area contributed by atoms with E-state index in [-0.39, 0.29) is 11.9 Å². The topological polar surface area (TPSA) is 83.1 Å². The predicted molar refractivity (Wildman–Crippen MR) is 117 cm³/mol. The molecule has 6 nitrogen and oxygen atoms in total. The van der Waals surface area contributed by atoms with Crippen molar-refractivity contribution in [3.8, 4) is 11.1 Å². The van der Waals surface area contributed by atoms with Crippen molar-refractivity contribution in [2.24, 2.45) is 0 Å². The molecule has 2 aromatic carbocycles. The fraction of sp³-hybridized carbons (Fsp3) is 0.0870. The number of carbonyl (C=O) groups excluding carboxylic acids is 2. The van der Waals surface area contributed by atoms with Crippen LogP contribution < -0.4 is 16.0 Å². The number of benzene rings is 2. The monoisotopic (exact) mass is 386 g/mol. The summed E-state index contributed by atoms with van der Waals surface area (Å²) in [6, 6.07) is 16.6. The average molecular weight is 386 g/mol. The number of aromatic nitrogens is 1. The Bertz CT molecular complexity index is 1020. The summed E-state index contributed by atoms with van der Waals surface area (Å²) < 4.78 is 0. The van der Waals surface area contributed by atoms with Crippen molar-refractivity contribution in [2.75, 3.05) is 16.0 Å². The van der Waals surface area contributed by atoms with Crippen LogP contribution in [0.5, 0.6) is 0 Å². The zero-order valence-corrected chi connectivity index (χ0v) is 16.3. The van der Waals surface area contributed by atoms with Gasteiger partial charge in [-0.25, -0.2) is 9.78 Å². The number of hydrogen-bond donors (Lipinski definition) is 3. The van der Waals surface area contributed by atoms with E-state index in [4.69, 9.17) is 0 Å². The molecule has 0 spiro atoms. The maximum atomic E-state index is 12.3. The molecule has 3 aromatic rings. The quantitative estimate of drug-likeness (QED) is 0.531. The largest absolute Gasteiger partial charge is 0.323 e. The summed E-state index contributed by atoms with van der Waals surface area (Å²) in [6.45, 7) is 7.32. The Morgan fingerprint density at radius 3 is 2.10 bits per heavy atom. The fourth-order valence-corrected chi connectivity index (χ4v) is 2.85. The van der Waals surface area contributed by atoms with E-state index in [2.05, 4.69) is 27.5 Å². The van der Waals surface area contributed by atoms with Gasteiger partial charge >= 0.3 is 6.03 Å². The van der Waals surface area contributed by atoms with Gasteiger partial charge in [-0.1, -0.05) is 36.9 Å². The molecule has 0 unspecified atom stereocenters. The second kappa shape index (κ2) is 8.84. The minimum Gasteiger partial charge on any atom is -0.308 e. The molecule has 1 heterocycles. The van der Waals surface area contributed by atoms with Crippen molar-refractivity contribution >= 4 is 29.1 Å². The number of hydrogen-bond acceptors (Lipinski definition) is 3. The van der Waals surface area contributed by atoms with Gasteiger partial charge in [-0.2, -0.15) is 0 Å². The Morgan fingerprint density at radius 1 is 0.862 bits per heavy atom. The summed E-state index contributed by atoms with van der Waals surface area (Å²) in [4.78, 5) is 27.8. The normalized spacial score (nSPS) is 10.1. The lowest BCUT2D eigenvalue weighted by atomic mass is 10.1. The van der Waals surface area contributed by atoms with Crippen molar-refractivity contribution in [3.63, 3.8) is 0 Å². The van der Waals surface area contributed by atoms with Gasteiger partial charge in [-0.15, -0.1) is 0 Å². The van der Waals surface area contributed by atoms with Crippen LogP contribution in [0.3, 0.4) is 0 Å². The summed E-state index contributed by atoms with van der Waals surface area (Å²) >= 11 is 0. The first-order valence-corrected chi connectivity index (χ1v) is 9.10. The first-order chi connectivity index (χ1) is 14.0. The average Bonchev–Trinajstić information content (AvgIpc) is 2.72. The van der Waals surface area contributed by atoms with Gasteiger partial charge in [0.25, 0.3) is 0 Å². The van der Waals surface area contributed by atoms with Crippen LogP contribution in [0.2, 0.25) is 0 Å². The Kier molecular flexibility index (Phi) is 6.04. The first-order valence-electron chi connectivity index (χ1n) is 9.10. The van der Waals surface area contributed by atoms with Gasteiger partial charge in [0, 0.05) is 23.1 Å². The first kappa shape index (κ1) is 19.8. The molecule has 0 fully saturated rings. The number of para-hydroxylation sites is 1. The maximum absolute atomic E-state index is 12.3. The number of nitrogens with zero attached hydrogens (tertiary/aromatic N) is 1. The van der Waals surface area contributed by atoms with Crippen molar-refractivity contribution in [1.29, 1.82) is 0 Å².